The van der Waals surface area contributed by atoms with Crippen molar-refractivity contribution < 1.29 is 24.5 Å². The first-order valence-corrected chi connectivity index (χ1v) is 6.22. The Bertz CT molecular complexity index is 586. The molecule has 0 fully saturated rings. The zero-order chi connectivity index (χ0) is 15.4. The maximum Gasteiger partial charge on any atom is 0.335 e. The fourth-order valence-electron chi connectivity index (χ4n) is 2.07. The Labute approximate surface area is 121 Å². The van der Waals surface area contributed by atoms with Gasteiger partial charge in [-0.2, -0.15) is 0 Å². The van der Waals surface area contributed by atoms with Crippen molar-refractivity contribution in [3.05, 3.63) is 70.8 Å². The number of carboxylic acids is 2. The summed E-state index contributed by atoms with van der Waals surface area (Å²) in [7, 11) is 1.54. The maximum atomic E-state index is 10.8. The molecule has 5 heteroatoms. The van der Waals surface area contributed by atoms with Crippen LogP contribution < -0.4 is 0 Å². The Balaban J connectivity index is 2.30. The van der Waals surface area contributed by atoms with Crippen LogP contribution in [0.15, 0.2) is 48.5 Å². The molecule has 0 aromatic heterocycles. The summed E-state index contributed by atoms with van der Waals surface area (Å²) in [6, 6.07) is 12.8. The molecule has 0 unspecified atom stereocenters. The van der Waals surface area contributed by atoms with Crippen LogP contribution in [0.5, 0.6) is 0 Å². The minimum absolute atomic E-state index is 0.204. The van der Waals surface area contributed by atoms with Gasteiger partial charge in [0.1, 0.15) is 6.10 Å². The molecule has 0 saturated carbocycles. The van der Waals surface area contributed by atoms with Crippen LogP contribution in [0.3, 0.4) is 0 Å². The van der Waals surface area contributed by atoms with E-state index in [0.717, 1.165) is 11.1 Å². The molecule has 0 heterocycles. The maximum absolute atomic E-state index is 10.8. The zero-order valence-electron chi connectivity index (χ0n) is 11.3. The monoisotopic (exact) mass is 286 g/mol. The van der Waals surface area contributed by atoms with E-state index in [2.05, 4.69) is 0 Å². The standard InChI is InChI=1S/C16H14O5/c1-21-14(10-2-6-12(7-3-10)15(17)18)11-4-8-13(9-5-11)16(19)20/h2-9,14H,1H3,(H,17,18)(H,19,20). The molecule has 0 spiro atoms. The van der Waals surface area contributed by atoms with Gasteiger partial charge >= 0.3 is 11.9 Å². The number of benzene rings is 2. The predicted molar refractivity (Wildman–Crippen MR) is 75.7 cm³/mol. The molecule has 0 amide bonds. The first-order chi connectivity index (χ1) is 10.0. The summed E-state index contributed by atoms with van der Waals surface area (Å²) in [5.41, 5.74) is 2.00. The normalized spacial score (nSPS) is 10.6. The van der Waals surface area contributed by atoms with Crippen LogP contribution in [-0.2, 0) is 4.74 Å². The number of rotatable bonds is 5. The van der Waals surface area contributed by atoms with Crippen molar-refractivity contribution in [2.75, 3.05) is 7.11 Å². The molecule has 5 nitrogen and oxygen atoms in total. The largest absolute Gasteiger partial charge is 0.478 e. The average molecular weight is 286 g/mol. The molecule has 0 bridgehead atoms. The topological polar surface area (TPSA) is 83.8 Å². The van der Waals surface area contributed by atoms with Crippen LogP contribution in [0.2, 0.25) is 0 Å². The lowest BCUT2D eigenvalue weighted by Gasteiger charge is -2.16. The zero-order valence-corrected chi connectivity index (χ0v) is 11.3. The third kappa shape index (κ3) is 3.27. The van der Waals surface area contributed by atoms with Gasteiger partial charge in [0.2, 0.25) is 0 Å². The van der Waals surface area contributed by atoms with E-state index in [1.54, 1.807) is 31.4 Å². The first-order valence-electron chi connectivity index (χ1n) is 6.22. The molecule has 2 rings (SSSR count). The Hall–Kier alpha value is -2.66. The van der Waals surface area contributed by atoms with Crippen LogP contribution in [0, 0.1) is 0 Å². The van der Waals surface area contributed by atoms with E-state index < -0.39 is 11.9 Å². The van der Waals surface area contributed by atoms with Crippen molar-refractivity contribution in [2.45, 2.75) is 6.10 Å². The van der Waals surface area contributed by atoms with E-state index in [1.807, 2.05) is 0 Å². The van der Waals surface area contributed by atoms with Crippen molar-refractivity contribution in [3.63, 3.8) is 0 Å². The fourth-order valence-corrected chi connectivity index (χ4v) is 2.07. The molecule has 2 aromatic carbocycles. The summed E-state index contributed by atoms with van der Waals surface area (Å²) in [5, 5.41) is 17.8. The van der Waals surface area contributed by atoms with E-state index in [0.29, 0.717) is 0 Å². The van der Waals surface area contributed by atoms with Crippen molar-refractivity contribution >= 4 is 11.9 Å². The van der Waals surface area contributed by atoms with Gasteiger partial charge in [-0.1, -0.05) is 24.3 Å². The van der Waals surface area contributed by atoms with Gasteiger partial charge < -0.3 is 14.9 Å². The molecule has 0 saturated heterocycles. The molecule has 108 valence electrons. The number of hydrogen-bond donors (Lipinski definition) is 2. The molecule has 0 aliphatic rings. The minimum Gasteiger partial charge on any atom is -0.478 e. The number of hydrogen-bond acceptors (Lipinski definition) is 3. The number of methoxy groups -OCH3 is 1. The lowest BCUT2D eigenvalue weighted by molar-refractivity contribution is 0.0686. The van der Waals surface area contributed by atoms with Crippen molar-refractivity contribution in [1.29, 1.82) is 0 Å². The fraction of sp³-hybridized carbons (Fsp3) is 0.125. The minimum atomic E-state index is -0.985. The Morgan fingerprint density at radius 3 is 1.38 bits per heavy atom. The van der Waals surface area contributed by atoms with Crippen molar-refractivity contribution in [1.82, 2.24) is 0 Å². The molecule has 0 radical (unpaired) electrons. The van der Waals surface area contributed by atoms with Gasteiger partial charge in [0.15, 0.2) is 0 Å². The highest BCUT2D eigenvalue weighted by Crippen LogP contribution is 2.26. The quantitative estimate of drug-likeness (QED) is 0.883. The van der Waals surface area contributed by atoms with Gasteiger partial charge in [0.05, 0.1) is 11.1 Å². The molecular weight excluding hydrogens is 272 g/mol. The summed E-state index contributed by atoms with van der Waals surface area (Å²) in [4.78, 5) is 21.7. The molecule has 0 atom stereocenters. The lowest BCUT2D eigenvalue weighted by Crippen LogP contribution is -2.05. The van der Waals surface area contributed by atoms with Crippen molar-refractivity contribution in [3.8, 4) is 0 Å². The first kappa shape index (κ1) is 14.7. The van der Waals surface area contributed by atoms with Gasteiger partial charge in [0, 0.05) is 7.11 Å². The SMILES string of the molecule is COC(c1ccc(C(=O)O)cc1)c1ccc(C(=O)O)cc1. The summed E-state index contributed by atoms with van der Waals surface area (Å²) in [5.74, 6) is -1.97. The van der Waals surface area contributed by atoms with Crippen molar-refractivity contribution in [2.24, 2.45) is 0 Å². The highest BCUT2D eigenvalue weighted by Gasteiger charge is 2.14. The number of carbonyl (C=O) groups is 2. The van der Waals surface area contributed by atoms with Gasteiger partial charge in [-0.25, -0.2) is 9.59 Å². The number of aromatic carboxylic acids is 2. The molecule has 2 N–H and O–H groups in total. The summed E-state index contributed by atoms with van der Waals surface area (Å²) < 4.78 is 5.43. The Morgan fingerprint density at radius 2 is 1.14 bits per heavy atom. The number of carboxylic acid groups (broad SMARTS) is 2. The number of ether oxygens (including phenoxy) is 1. The van der Waals surface area contributed by atoms with Crippen LogP contribution >= 0.6 is 0 Å². The van der Waals surface area contributed by atoms with Crippen LogP contribution in [-0.4, -0.2) is 29.3 Å². The molecule has 0 aliphatic heterocycles. The Morgan fingerprint density at radius 1 is 0.810 bits per heavy atom. The Kier molecular flexibility index (Phi) is 4.35. The van der Waals surface area contributed by atoms with E-state index in [9.17, 15) is 9.59 Å². The van der Waals surface area contributed by atoms with E-state index in [1.165, 1.54) is 24.3 Å². The molecule has 2 aromatic rings. The third-order valence-electron chi connectivity index (χ3n) is 3.16. The average Bonchev–Trinajstić information content (AvgIpc) is 2.49. The second kappa shape index (κ2) is 6.19. The van der Waals surface area contributed by atoms with Crippen LogP contribution in [0.25, 0.3) is 0 Å². The second-order valence-corrected chi connectivity index (χ2v) is 4.47. The van der Waals surface area contributed by atoms with E-state index in [-0.39, 0.29) is 17.2 Å². The van der Waals surface area contributed by atoms with Gasteiger partial charge in [-0.05, 0) is 35.4 Å². The van der Waals surface area contributed by atoms with Crippen LogP contribution in [0.1, 0.15) is 37.9 Å². The predicted octanol–water partition coefficient (Wildman–Crippen LogP) is 2.82. The highest BCUT2D eigenvalue weighted by molar-refractivity contribution is 5.88. The van der Waals surface area contributed by atoms with Gasteiger partial charge in [0.25, 0.3) is 0 Å². The summed E-state index contributed by atoms with van der Waals surface area (Å²) in [6.45, 7) is 0. The van der Waals surface area contributed by atoms with E-state index in [4.69, 9.17) is 14.9 Å². The summed E-state index contributed by atoms with van der Waals surface area (Å²) >= 11 is 0. The smallest absolute Gasteiger partial charge is 0.335 e. The molecular formula is C16H14O5. The molecule has 0 aliphatic carbocycles. The van der Waals surface area contributed by atoms with E-state index >= 15 is 0 Å². The molecule has 21 heavy (non-hydrogen) atoms. The second-order valence-electron chi connectivity index (χ2n) is 4.47. The van der Waals surface area contributed by atoms with Gasteiger partial charge in [-0.3, -0.25) is 0 Å². The lowest BCUT2D eigenvalue weighted by atomic mass is 9.99. The van der Waals surface area contributed by atoms with Crippen LogP contribution in [0.4, 0.5) is 0 Å². The third-order valence-corrected chi connectivity index (χ3v) is 3.16. The summed E-state index contributed by atoms with van der Waals surface area (Å²) in [6.07, 6.45) is -0.379. The van der Waals surface area contributed by atoms with Gasteiger partial charge in [-0.15, -0.1) is 0 Å². The highest BCUT2D eigenvalue weighted by atomic mass is 16.5.